The van der Waals surface area contributed by atoms with E-state index >= 15 is 0 Å². The van der Waals surface area contributed by atoms with E-state index in [4.69, 9.17) is 23.2 Å². The van der Waals surface area contributed by atoms with Crippen molar-refractivity contribution < 1.29 is 19.2 Å². The molecule has 0 spiro atoms. The van der Waals surface area contributed by atoms with Gasteiger partial charge in [0.1, 0.15) is 11.8 Å². The zero-order valence-electron chi connectivity index (χ0n) is 18.8. The van der Waals surface area contributed by atoms with Crippen LogP contribution in [-0.4, -0.2) is 23.1 Å². The van der Waals surface area contributed by atoms with Gasteiger partial charge >= 0.3 is 0 Å². The quantitative estimate of drug-likeness (QED) is 0.271. The number of ketones is 4. The van der Waals surface area contributed by atoms with Crippen molar-refractivity contribution in [2.45, 2.75) is 11.8 Å². The number of fused-ring (bicyclic) bond motifs is 2. The van der Waals surface area contributed by atoms with Crippen molar-refractivity contribution >= 4 is 46.3 Å². The average molecular weight is 513 g/mol. The largest absolute Gasteiger partial charge is 0.293 e. The van der Waals surface area contributed by atoms with Gasteiger partial charge in [0.15, 0.2) is 23.1 Å². The number of hydrogen-bond donors (Lipinski definition) is 0. The third-order valence-electron chi connectivity index (χ3n) is 6.37. The Bertz CT molecular complexity index is 1330. The summed E-state index contributed by atoms with van der Waals surface area (Å²) >= 11 is 11.6. The van der Waals surface area contributed by atoms with Gasteiger partial charge < -0.3 is 0 Å². The van der Waals surface area contributed by atoms with Gasteiger partial charge in [0.25, 0.3) is 0 Å². The summed E-state index contributed by atoms with van der Waals surface area (Å²) in [6.07, 6.45) is 0. The second kappa shape index (κ2) is 9.65. The normalized spacial score (nSPS) is 14.9. The molecular formula is C30H18Cl2O4. The number of hydrogen-bond acceptors (Lipinski definition) is 4. The van der Waals surface area contributed by atoms with Crippen LogP contribution in [0.5, 0.6) is 0 Å². The molecule has 36 heavy (non-hydrogen) atoms. The van der Waals surface area contributed by atoms with Crippen LogP contribution in [0.4, 0.5) is 0 Å². The highest BCUT2D eigenvalue weighted by Crippen LogP contribution is 2.35. The summed E-state index contributed by atoms with van der Waals surface area (Å²) in [5.41, 5.74) is 3.46. The number of rotatable bonds is 2. The Morgan fingerprint density at radius 2 is 0.639 bits per heavy atom. The third kappa shape index (κ3) is 4.19. The van der Waals surface area contributed by atoms with Gasteiger partial charge in [-0.25, -0.2) is 0 Å². The van der Waals surface area contributed by atoms with Crippen molar-refractivity contribution in [1.29, 1.82) is 0 Å². The molecule has 0 aromatic heterocycles. The van der Waals surface area contributed by atoms with Crippen LogP contribution < -0.4 is 0 Å². The lowest BCUT2D eigenvalue weighted by atomic mass is 9.94. The van der Waals surface area contributed by atoms with Crippen molar-refractivity contribution in [3.63, 3.8) is 0 Å². The van der Waals surface area contributed by atoms with E-state index in [0.717, 1.165) is 0 Å². The molecule has 6 rings (SSSR count). The Balaban J connectivity index is 0.000000148. The van der Waals surface area contributed by atoms with Crippen LogP contribution in [0.25, 0.3) is 0 Å². The van der Waals surface area contributed by atoms with E-state index in [-0.39, 0.29) is 23.1 Å². The summed E-state index contributed by atoms with van der Waals surface area (Å²) < 4.78 is 0. The fourth-order valence-corrected chi connectivity index (χ4v) is 4.85. The standard InChI is InChI=1S/2C15H9ClO2/c2*16-10-7-5-9(6-8-10)13-14(17)11-3-1-2-4-12(11)15(13)18/h2*1-8,13H. The zero-order chi connectivity index (χ0) is 25.4. The molecule has 0 unspecified atom stereocenters. The minimum atomic E-state index is -0.709. The molecule has 0 amide bonds. The van der Waals surface area contributed by atoms with Gasteiger partial charge in [0, 0.05) is 32.3 Å². The molecule has 0 radical (unpaired) electrons. The van der Waals surface area contributed by atoms with E-state index in [2.05, 4.69) is 0 Å². The van der Waals surface area contributed by atoms with E-state index < -0.39 is 11.8 Å². The minimum Gasteiger partial charge on any atom is -0.293 e. The summed E-state index contributed by atoms with van der Waals surface area (Å²) in [4.78, 5) is 49.0. The van der Waals surface area contributed by atoms with E-state index in [1.54, 1.807) is 97.1 Å². The van der Waals surface area contributed by atoms with Gasteiger partial charge in [-0.15, -0.1) is 0 Å². The molecule has 0 saturated heterocycles. The van der Waals surface area contributed by atoms with E-state index in [0.29, 0.717) is 43.4 Å². The number of carbonyl (C=O) groups is 4. The lowest BCUT2D eigenvalue weighted by Gasteiger charge is -2.06. The highest BCUT2D eigenvalue weighted by molar-refractivity contribution is 6.32. The van der Waals surface area contributed by atoms with Crippen molar-refractivity contribution in [1.82, 2.24) is 0 Å². The third-order valence-corrected chi connectivity index (χ3v) is 6.88. The van der Waals surface area contributed by atoms with Crippen LogP contribution in [0.3, 0.4) is 0 Å². The fourth-order valence-electron chi connectivity index (χ4n) is 4.60. The Kier molecular flexibility index (Phi) is 6.40. The van der Waals surface area contributed by atoms with Crippen molar-refractivity contribution in [3.8, 4) is 0 Å². The highest BCUT2D eigenvalue weighted by Gasteiger charge is 2.40. The minimum absolute atomic E-state index is 0.127. The van der Waals surface area contributed by atoms with Gasteiger partial charge in [0.2, 0.25) is 0 Å². The maximum Gasteiger partial charge on any atom is 0.178 e. The molecule has 4 aromatic rings. The van der Waals surface area contributed by atoms with Gasteiger partial charge in [-0.1, -0.05) is 96.0 Å². The molecule has 6 heteroatoms. The van der Waals surface area contributed by atoms with Gasteiger partial charge in [-0.2, -0.15) is 0 Å². The van der Waals surface area contributed by atoms with Crippen LogP contribution in [0.2, 0.25) is 10.0 Å². The molecule has 0 heterocycles. The van der Waals surface area contributed by atoms with Gasteiger partial charge in [-0.05, 0) is 35.4 Å². The molecule has 0 fully saturated rings. The zero-order valence-corrected chi connectivity index (χ0v) is 20.3. The van der Waals surface area contributed by atoms with Crippen LogP contribution in [0.1, 0.15) is 64.4 Å². The summed E-state index contributed by atoms with van der Waals surface area (Å²) in [6.45, 7) is 0. The molecule has 2 aliphatic carbocycles. The second-order valence-corrected chi connectivity index (χ2v) is 9.39. The SMILES string of the molecule is O=C1c2ccccc2C(=O)C1c1ccc(Cl)cc1.O=C1c2ccccc2C(=O)C1c1ccc(Cl)cc1. The maximum absolute atomic E-state index is 12.2. The Labute approximate surface area is 217 Å². The second-order valence-electron chi connectivity index (χ2n) is 8.52. The molecule has 4 aromatic carbocycles. The van der Waals surface area contributed by atoms with Crippen LogP contribution in [0.15, 0.2) is 97.1 Å². The van der Waals surface area contributed by atoms with Crippen LogP contribution >= 0.6 is 23.2 Å². The first-order chi connectivity index (χ1) is 17.4. The molecule has 2 aliphatic rings. The van der Waals surface area contributed by atoms with Crippen molar-refractivity contribution in [2.75, 3.05) is 0 Å². The highest BCUT2D eigenvalue weighted by atomic mass is 35.5. The molecule has 4 nitrogen and oxygen atoms in total. The Morgan fingerprint density at radius 3 is 0.889 bits per heavy atom. The lowest BCUT2D eigenvalue weighted by molar-refractivity contribution is 0.0874. The van der Waals surface area contributed by atoms with Crippen LogP contribution in [-0.2, 0) is 0 Å². The summed E-state index contributed by atoms with van der Waals surface area (Å²) in [7, 11) is 0. The summed E-state index contributed by atoms with van der Waals surface area (Å²) in [6, 6.07) is 27.6. The molecule has 0 aliphatic heterocycles. The van der Waals surface area contributed by atoms with E-state index in [1.165, 1.54) is 0 Å². The predicted octanol–water partition coefficient (Wildman–Crippen LogP) is 7.01. The molecule has 0 bridgehead atoms. The lowest BCUT2D eigenvalue weighted by Crippen LogP contribution is -2.12. The number of Topliss-reactive ketones (excluding diaryl/α,β-unsaturated/α-hetero) is 4. The number of carbonyl (C=O) groups excluding carboxylic acids is 4. The fraction of sp³-hybridized carbons (Fsp3) is 0.0667. The topological polar surface area (TPSA) is 68.3 Å². The van der Waals surface area contributed by atoms with Crippen molar-refractivity contribution in [3.05, 3.63) is 140 Å². The smallest absolute Gasteiger partial charge is 0.178 e. The van der Waals surface area contributed by atoms with E-state index in [1.807, 2.05) is 0 Å². The number of halogens is 2. The van der Waals surface area contributed by atoms with Gasteiger partial charge in [0.05, 0.1) is 0 Å². The first-order valence-electron chi connectivity index (χ1n) is 11.2. The summed E-state index contributed by atoms with van der Waals surface area (Å²) in [5, 5.41) is 1.18. The van der Waals surface area contributed by atoms with E-state index in [9.17, 15) is 19.2 Å². The van der Waals surface area contributed by atoms with Crippen molar-refractivity contribution in [2.24, 2.45) is 0 Å². The average Bonchev–Trinajstić information content (AvgIpc) is 3.30. The molecular weight excluding hydrogens is 495 g/mol. The molecule has 176 valence electrons. The Morgan fingerprint density at radius 1 is 0.389 bits per heavy atom. The molecule has 0 N–H and O–H groups in total. The maximum atomic E-state index is 12.2. The first kappa shape index (κ1) is 23.9. The molecule has 0 atom stereocenters. The summed E-state index contributed by atoms with van der Waals surface area (Å²) in [5.74, 6) is -1.92. The van der Waals surface area contributed by atoms with Crippen LogP contribution in [0, 0.1) is 0 Å². The monoisotopic (exact) mass is 512 g/mol. The molecule has 0 saturated carbocycles. The Hall–Kier alpha value is -3.86. The first-order valence-corrected chi connectivity index (χ1v) is 12.0. The van der Waals surface area contributed by atoms with Gasteiger partial charge in [-0.3, -0.25) is 19.2 Å². The number of benzene rings is 4. The predicted molar refractivity (Wildman–Crippen MR) is 139 cm³/mol.